The summed E-state index contributed by atoms with van der Waals surface area (Å²) in [6.45, 7) is 1.59. The minimum absolute atomic E-state index is 0.0405. The van der Waals surface area contributed by atoms with Crippen LogP contribution in [0.15, 0.2) is 29.2 Å². The summed E-state index contributed by atoms with van der Waals surface area (Å²) >= 11 is 0. The van der Waals surface area contributed by atoms with E-state index < -0.39 is 15.9 Å². The van der Waals surface area contributed by atoms with Crippen LogP contribution in [-0.4, -0.2) is 15.0 Å². The van der Waals surface area contributed by atoms with Crippen LogP contribution in [0.5, 0.6) is 0 Å². The molecule has 1 aromatic rings. The summed E-state index contributed by atoms with van der Waals surface area (Å²) in [5.41, 5.74) is 0. The van der Waals surface area contributed by atoms with Gasteiger partial charge in [0.15, 0.2) is 0 Å². The van der Waals surface area contributed by atoms with Crippen molar-refractivity contribution in [1.82, 2.24) is 0 Å². The van der Waals surface area contributed by atoms with E-state index in [1.54, 1.807) is 6.92 Å². The molecule has 0 N–H and O–H groups in total. The monoisotopic (exact) mass is 204 g/mol. The van der Waals surface area contributed by atoms with Crippen molar-refractivity contribution in [2.45, 2.75) is 11.8 Å². The van der Waals surface area contributed by atoms with Gasteiger partial charge in [-0.15, -0.1) is 0 Å². The molecular formula is C8H9FO3S. The Balaban J connectivity index is 3.08. The van der Waals surface area contributed by atoms with Gasteiger partial charge in [0.1, 0.15) is 5.82 Å². The summed E-state index contributed by atoms with van der Waals surface area (Å²) in [5.74, 6) is -0.597. The van der Waals surface area contributed by atoms with Crippen LogP contribution >= 0.6 is 0 Å². The molecule has 0 saturated carbocycles. The van der Waals surface area contributed by atoms with Gasteiger partial charge < -0.3 is 0 Å². The zero-order valence-electron chi connectivity index (χ0n) is 7.03. The van der Waals surface area contributed by atoms with Gasteiger partial charge in [0.25, 0.3) is 10.1 Å². The van der Waals surface area contributed by atoms with Gasteiger partial charge in [-0.05, 0) is 25.1 Å². The number of hydrogen-bond donors (Lipinski definition) is 0. The van der Waals surface area contributed by atoms with Gasteiger partial charge in [-0.1, -0.05) is 6.07 Å². The first kappa shape index (κ1) is 10.1. The Morgan fingerprint density at radius 3 is 2.69 bits per heavy atom. The molecule has 5 heteroatoms. The number of hydrogen-bond acceptors (Lipinski definition) is 3. The van der Waals surface area contributed by atoms with Gasteiger partial charge in [-0.2, -0.15) is 8.42 Å². The third-order valence-electron chi connectivity index (χ3n) is 1.36. The third-order valence-corrected chi connectivity index (χ3v) is 2.74. The Bertz CT molecular complexity index is 386. The Kier molecular flexibility index (Phi) is 3.00. The summed E-state index contributed by atoms with van der Waals surface area (Å²) in [5, 5.41) is 0. The molecule has 1 rings (SSSR count). The van der Waals surface area contributed by atoms with Crippen LogP contribution in [0.25, 0.3) is 0 Å². The van der Waals surface area contributed by atoms with E-state index in [-0.39, 0.29) is 11.5 Å². The maximum absolute atomic E-state index is 12.6. The second-order valence-corrected chi connectivity index (χ2v) is 3.93. The summed E-state index contributed by atoms with van der Waals surface area (Å²) in [6, 6.07) is 4.70. The standard InChI is InChI=1S/C8H9FO3S/c1-2-12-13(10,11)8-5-3-4-7(9)6-8/h3-6H,2H2,1H3. The number of halogens is 1. The molecule has 0 unspecified atom stereocenters. The molecule has 13 heavy (non-hydrogen) atoms. The van der Waals surface area contributed by atoms with E-state index in [0.717, 1.165) is 6.07 Å². The second-order valence-electron chi connectivity index (χ2n) is 2.32. The van der Waals surface area contributed by atoms with Crippen molar-refractivity contribution in [2.24, 2.45) is 0 Å². The van der Waals surface area contributed by atoms with E-state index >= 15 is 0 Å². The lowest BCUT2D eigenvalue weighted by molar-refractivity contribution is 0.338. The normalized spacial score (nSPS) is 11.5. The highest BCUT2D eigenvalue weighted by molar-refractivity contribution is 7.86. The number of benzene rings is 1. The SMILES string of the molecule is CCOS(=O)(=O)c1cccc(F)c1. The third kappa shape index (κ3) is 2.50. The molecule has 0 aliphatic rings. The molecule has 1 aromatic carbocycles. The van der Waals surface area contributed by atoms with Crippen LogP contribution in [0.1, 0.15) is 6.92 Å². The van der Waals surface area contributed by atoms with Crippen molar-refractivity contribution < 1.29 is 17.0 Å². The molecule has 0 fully saturated rings. The molecule has 0 aliphatic carbocycles. The van der Waals surface area contributed by atoms with Gasteiger partial charge >= 0.3 is 0 Å². The van der Waals surface area contributed by atoms with Crippen molar-refractivity contribution in [3.05, 3.63) is 30.1 Å². The molecule has 0 heterocycles. The highest BCUT2D eigenvalue weighted by Crippen LogP contribution is 2.12. The first-order valence-electron chi connectivity index (χ1n) is 3.71. The molecule has 0 atom stereocenters. The summed E-state index contributed by atoms with van der Waals surface area (Å²) < 4.78 is 39.5. The zero-order valence-corrected chi connectivity index (χ0v) is 7.84. The smallest absolute Gasteiger partial charge is 0.267 e. The lowest BCUT2D eigenvalue weighted by Gasteiger charge is -2.02. The fourth-order valence-corrected chi connectivity index (χ4v) is 1.79. The lowest BCUT2D eigenvalue weighted by Crippen LogP contribution is -2.05. The average molecular weight is 204 g/mol. The minimum Gasteiger partial charge on any atom is -0.267 e. The summed E-state index contributed by atoms with van der Waals surface area (Å²) in [7, 11) is -3.77. The van der Waals surface area contributed by atoms with Crippen molar-refractivity contribution >= 4 is 10.1 Å². The van der Waals surface area contributed by atoms with E-state index in [1.807, 2.05) is 0 Å². The Morgan fingerprint density at radius 1 is 1.46 bits per heavy atom. The second kappa shape index (κ2) is 3.85. The van der Waals surface area contributed by atoms with Gasteiger partial charge in [0.2, 0.25) is 0 Å². The highest BCUT2D eigenvalue weighted by Gasteiger charge is 2.13. The predicted octanol–water partition coefficient (Wildman–Crippen LogP) is 1.55. The van der Waals surface area contributed by atoms with Gasteiger partial charge in [-0.3, -0.25) is 4.18 Å². The van der Waals surface area contributed by atoms with E-state index in [2.05, 4.69) is 4.18 Å². The molecule has 0 amide bonds. The van der Waals surface area contributed by atoms with Crippen LogP contribution in [0.4, 0.5) is 4.39 Å². The van der Waals surface area contributed by atoms with Crippen molar-refractivity contribution in [3.8, 4) is 0 Å². The molecular weight excluding hydrogens is 195 g/mol. The van der Waals surface area contributed by atoms with Crippen LogP contribution < -0.4 is 0 Å². The van der Waals surface area contributed by atoms with Crippen molar-refractivity contribution in [3.63, 3.8) is 0 Å². The fraction of sp³-hybridized carbons (Fsp3) is 0.250. The molecule has 3 nitrogen and oxygen atoms in total. The predicted molar refractivity (Wildman–Crippen MR) is 45.2 cm³/mol. The first-order valence-corrected chi connectivity index (χ1v) is 5.12. The van der Waals surface area contributed by atoms with Crippen LogP contribution in [0.3, 0.4) is 0 Å². The topological polar surface area (TPSA) is 43.4 Å². The number of rotatable bonds is 3. The largest absolute Gasteiger partial charge is 0.297 e. The summed E-state index contributed by atoms with van der Waals surface area (Å²) in [4.78, 5) is -0.158. The quantitative estimate of drug-likeness (QED) is 0.701. The average Bonchev–Trinajstić information content (AvgIpc) is 2.04. The highest BCUT2D eigenvalue weighted by atomic mass is 32.2. The Hall–Kier alpha value is -0.940. The van der Waals surface area contributed by atoms with E-state index in [0.29, 0.717) is 0 Å². The van der Waals surface area contributed by atoms with Crippen LogP contribution in [0, 0.1) is 5.82 Å². The van der Waals surface area contributed by atoms with Crippen molar-refractivity contribution in [2.75, 3.05) is 6.61 Å². The fourth-order valence-electron chi connectivity index (χ4n) is 0.846. The molecule has 0 spiro atoms. The van der Waals surface area contributed by atoms with Crippen LogP contribution in [0.2, 0.25) is 0 Å². The maximum Gasteiger partial charge on any atom is 0.297 e. The Morgan fingerprint density at radius 2 is 2.15 bits per heavy atom. The molecule has 72 valence electrons. The van der Waals surface area contributed by atoms with Crippen LogP contribution in [-0.2, 0) is 14.3 Å². The molecule has 0 radical (unpaired) electrons. The lowest BCUT2D eigenvalue weighted by atomic mass is 10.4. The maximum atomic E-state index is 12.6. The van der Waals surface area contributed by atoms with E-state index in [1.165, 1.54) is 18.2 Å². The minimum atomic E-state index is -3.77. The van der Waals surface area contributed by atoms with E-state index in [4.69, 9.17) is 0 Å². The summed E-state index contributed by atoms with van der Waals surface area (Å²) in [6.07, 6.45) is 0. The Labute approximate surface area is 76.3 Å². The molecule has 0 aliphatic heterocycles. The zero-order chi connectivity index (χ0) is 9.90. The van der Waals surface area contributed by atoms with E-state index in [9.17, 15) is 12.8 Å². The molecule has 0 saturated heterocycles. The first-order chi connectivity index (χ1) is 6.06. The molecule has 0 bridgehead atoms. The van der Waals surface area contributed by atoms with Gasteiger partial charge in [-0.25, -0.2) is 4.39 Å². The van der Waals surface area contributed by atoms with Crippen molar-refractivity contribution in [1.29, 1.82) is 0 Å². The van der Waals surface area contributed by atoms with Gasteiger partial charge in [0.05, 0.1) is 11.5 Å². The van der Waals surface area contributed by atoms with Gasteiger partial charge in [0, 0.05) is 0 Å². The molecule has 0 aromatic heterocycles.